The SMILES string of the molecule is COc1ccccc1NC(N)=NCC(c1cccc(C)c1)N1CCOCC1. The van der Waals surface area contributed by atoms with Crippen LogP contribution < -0.4 is 15.8 Å². The van der Waals surface area contributed by atoms with Crippen LogP contribution in [0, 0.1) is 6.92 Å². The van der Waals surface area contributed by atoms with Crippen molar-refractivity contribution in [3.05, 3.63) is 59.7 Å². The van der Waals surface area contributed by atoms with Crippen molar-refractivity contribution < 1.29 is 9.47 Å². The van der Waals surface area contributed by atoms with Crippen LogP contribution in [0.2, 0.25) is 0 Å². The summed E-state index contributed by atoms with van der Waals surface area (Å²) < 4.78 is 10.9. The molecule has 3 rings (SSSR count). The maximum absolute atomic E-state index is 6.16. The summed E-state index contributed by atoms with van der Waals surface area (Å²) in [6.45, 7) is 5.99. The van der Waals surface area contributed by atoms with E-state index in [9.17, 15) is 0 Å². The van der Waals surface area contributed by atoms with Gasteiger partial charge in [0.15, 0.2) is 5.96 Å². The summed E-state index contributed by atoms with van der Waals surface area (Å²) >= 11 is 0. The third kappa shape index (κ3) is 5.21. The fourth-order valence-electron chi connectivity index (χ4n) is 3.31. The Morgan fingerprint density at radius 2 is 2.00 bits per heavy atom. The number of nitrogens with two attached hydrogens (primary N) is 1. The van der Waals surface area contributed by atoms with E-state index in [1.54, 1.807) is 7.11 Å². The number of morpholine rings is 1. The summed E-state index contributed by atoms with van der Waals surface area (Å²) in [5.74, 6) is 1.12. The summed E-state index contributed by atoms with van der Waals surface area (Å²) in [4.78, 5) is 7.04. The van der Waals surface area contributed by atoms with Gasteiger partial charge in [0.05, 0.1) is 38.6 Å². The molecule has 1 fully saturated rings. The average Bonchev–Trinajstić information content (AvgIpc) is 2.69. The Morgan fingerprint density at radius 1 is 1.22 bits per heavy atom. The number of hydrogen-bond acceptors (Lipinski definition) is 4. The molecule has 0 spiro atoms. The molecule has 27 heavy (non-hydrogen) atoms. The number of nitrogens with zero attached hydrogens (tertiary/aromatic N) is 2. The number of anilines is 1. The fourth-order valence-corrected chi connectivity index (χ4v) is 3.31. The molecule has 0 aromatic heterocycles. The Kier molecular flexibility index (Phi) is 6.68. The van der Waals surface area contributed by atoms with Gasteiger partial charge in [-0.15, -0.1) is 0 Å². The molecule has 6 heteroatoms. The minimum Gasteiger partial charge on any atom is -0.495 e. The molecule has 1 heterocycles. The van der Waals surface area contributed by atoms with Gasteiger partial charge in [-0.2, -0.15) is 0 Å². The van der Waals surface area contributed by atoms with Gasteiger partial charge in [-0.25, -0.2) is 0 Å². The summed E-state index contributed by atoms with van der Waals surface area (Å²) in [5, 5.41) is 3.14. The first kappa shape index (κ1) is 19.2. The van der Waals surface area contributed by atoms with E-state index >= 15 is 0 Å². The molecule has 1 aliphatic heterocycles. The van der Waals surface area contributed by atoms with Crippen LogP contribution in [0.15, 0.2) is 53.5 Å². The lowest BCUT2D eigenvalue weighted by Gasteiger charge is -2.34. The van der Waals surface area contributed by atoms with Gasteiger partial charge in [0, 0.05) is 13.1 Å². The second-order valence-corrected chi connectivity index (χ2v) is 6.63. The van der Waals surface area contributed by atoms with Crippen molar-refractivity contribution in [2.45, 2.75) is 13.0 Å². The van der Waals surface area contributed by atoms with Crippen molar-refractivity contribution in [3.8, 4) is 5.75 Å². The second-order valence-electron chi connectivity index (χ2n) is 6.63. The third-order valence-corrected chi connectivity index (χ3v) is 4.72. The van der Waals surface area contributed by atoms with Crippen molar-refractivity contribution in [1.29, 1.82) is 0 Å². The number of aryl methyl sites for hydroxylation is 1. The Morgan fingerprint density at radius 3 is 2.74 bits per heavy atom. The van der Waals surface area contributed by atoms with Gasteiger partial charge in [-0.3, -0.25) is 9.89 Å². The first-order chi connectivity index (χ1) is 13.2. The van der Waals surface area contributed by atoms with Crippen molar-refractivity contribution >= 4 is 11.6 Å². The number of aliphatic imine (C=N–C) groups is 1. The summed E-state index contributed by atoms with van der Waals surface area (Å²) in [5.41, 5.74) is 9.46. The highest BCUT2D eigenvalue weighted by atomic mass is 16.5. The predicted octanol–water partition coefficient (Wildman–Crippen LogP) is 2.80. The number of ether oxygens (including phenoxy) is 2. The Balaban J connectivity index is 1.75. The average molecular weight is 368 g/mol. The van der Waals surface area contributed by atoms with Gasteiger partial charge in [-0.05, 0) is 24.6 Å². The van der Waals surface area contributed by atoms with Crippen molar-refractivity contribution in [2.24, 2.45) is 10.7 Å². The molecule has 2 aromatic rings. The zero-order valence-corrected chi connectivity index (χ0v) is 16.0. The Labute approximate surface area is 161 Å². The van der Waals surface area contributed by atoms with Gasteiger partial charge in [-0.1, -0.05) is 42.0 Å². The number of benzene rings is 2. The molecule has 6 nitrogen and oxygen atoms in total. The quantitative estimate of drug-likeness (QED) is 0.606. The number of para-hydroxylation sites is 2. The van der Waals surface area contributed by atoms with Crippen LogP contribution in [0.5, 0.6) is 5.75 Å². The van der Waals surface area contributed by atoms with Crippen LogP contribution in [0.1, 0.15) is 17.2 Å². The normalized spacial score (nSPS) is 16.7. The van der Waals surface area contributed by atoms with Gasteiger partial charge >= 0.3 is 0 Å². The van der Waals surface area contributed by atoms with E-state index in [-0.39, 0.29) is 6.04 Å². The van der Waals surface area contributed by atoms with Crippen LogP contribution >= 0.6 is 0 Å². The smallest absolute Gasteiger partial charge is 0.193 e. The van der Waals surface area contributed by atoms with Crippen LogP contribution in [-0.2, 0) is 4.74 Å². The second kappa shape index (κ2) is 9.39. The largest absolute Gasteiger partial charge is 0.495 e. The number of nitrogens with one attached hydrogen (secondary N) is 1. The van der Waals surface area contributed by atoms with Gasteiger partial charge < -0.3 is 20.5 Å². The minimum atomic E-state index is 0.173. The van der Waals surface area contributed by atoms with E-state index in [0.717, 1.165) is 37.7 Å². The Hall–Kier alpha value is -2.57. The minimum absolute atomic E-state index is 0.173. The maximum atomic E-state index is 6.16. The van der Waals surface area contributed by atoms with E-state index in [1.807, 2.05) is 24.3 Å². The maximum Gasteiger partial charge on any atom is 0.193 e. The molecule has 1 saturated heterocycles. The van der Waals surface area contributed by atoms with E-state index in [0.29, 0.717) is 12.5 Å². The van der Waals surface area contributed by atoms with E-state index in [1.165, 1.54) is 11.1 Å². The molecular weight excluding hydrogens is 340 g/mol. The lowest BCUT2D eigenvalue weighted by molar-refractivity contribution is 0.0180. The number of rotatable bonds is 6. The van der Waals surface area contributed by atoms with Gasteiger partial charge in [0.2, 0.25) is 0 Å². The van der Waals surface area contributed by atoms with Crippen molar-refractivity contribution in [1.82, 2.24) is 4.90 Å². The zero-order chi connectivity index (χ0) is 19.1. The lowest BCUT2D eigenvalue weighted by atomic mass is 10.0. The van der Waals surface area contributed by atoms with Gasteiger partial charge in [0.1, 0.15) is 5.75 Å². The number of guanidine groups is 1. The van der Waals surface area contributed by atoms with Crippen molar-refractivity contribution in [2.75, 3.05) is 45.3 Å². The molecule has 0 aliphatic carbocycles. The third-order valence-electron chi connectivity index (χ3n) is 4.72. The standard InChI is InChI=1S/C21H28N4O2/c1-16-6-5-7-17(14-16)19(25-10-12-27-13-11-25)15-23-21(22)24-18-8-3-4-9-20(18)26-2/h3-9,14,19H,10-13,15H2,1-2H3,(H3,22,23,24). The molecule has 3 N–H and O–H groups in total. The van der Waals surface area contributed by atoms with Crippen molar-refractivity contribution in [3.63, 3.8) is 0 Å². The monoisotopic (exact) mass is 368 g/mol. The highest BCUT2D eigenvalue weighted by Gasteiger charge is 2.22. The molecule has 1 aliphatic rings. The highest BCUT2D eigenvalue weighted by molar-refractivity contribution is 5.93. The molecule has 2 aromatic carbocycles. The van der Waals surface area contributed by atoms with Gasteiger partial charge in [0.25, 0.3) is 0 Å². The highest BCUT2D eigenvalue weighted by Crippen LogP contribution is 2.24. The number of methoxy groups -OCH3 is 1. The van der Waals surface area contributed by atoms with E-state index < -0.39 is 0 Å². The Bertz CT molecular complexity index is 772. The summed E-state index contributed by atoms with van der Waals surface area (Å²) in [7, 11) is 1.64. The van der Waals surface area contributed by atoms with Crippen LogP contribution in [0.4, 0.5) is 5.69 Å². The van der Waals surface area contributed by atoms with Crippen LogP contribution in [-0.4, -0.2) is 50.8 Å². The predicted molar refractivity (Wildman–Crippen MR) is 109 cm³/mol. The molecule has 0 bridgehead atoms. The number of hydrogen-bond donors (Lipinski definition) is 2. The summed E-state index contributed by atoms with van der Waals surface area (Å²) in [6.07, 6.45) is 0. The first-order valence-electron chi connectivity index (χ1n) is 9.25. The lowest BCUT2D eigenvalue weighted by Crippen LogP contribution is -2.40. The van der Waals surface area contributed by atoms with E-state index in [4.69, 9.17) is 15.2 Å². The molecule has 1 atom stereocenters. The topological polar surface area (TPSA) is 72.1 Å². The summed E-state index contributed by atoms with van der Waals surface area (Å²) in [6, 6.07) is 16.4. The molecule has 0 amide bonds. The van der Waals surface area contributed by atoms with Crippen LogP contribution in [0.25, 0.3) is 0 Å². The molecule has 1 unspecified atom stereocenters. The molecular formula is C21H28N4O2. The fraction of sp³-hybridized carbons (Fsp3) is 0.381. The molecule has 144 valence electrons. The zero-order valence-electron chi connectivity index (χ0n) is 16.0. The van der Waals surface area contributed by atoms with Crippen LogP contribution in [0.3, 0.4) is 0 Å². The van der Waals surface area contributed by atoms with E-state index in [2.05, 4.69) is 46.4 Å². The molecule has 0 saturated carbocycles. The first-order valence-corrected chi connectivity index (χ1v) is 9.25. The molecule has 0 radical (unpaired) electrons.